The van der Waals surface area contributed by atoms with Gasteiger partial charge in [0.05, 0.1) is 6.04 Å². The largest absolute Gasteiger partial charge is 0.309 e. The van der Waals surface area contributed by atoms with E-state index in [1.165, 1.54) is 0 Å². The summed E-state index contributed by atoms with van der Waals surface area (Å²) in [5, 5.41) is 3.51. The van der Waals surface area contributed by atoms with Crippen molar-refractivity contribution in [3.05, 3.63) is 34.1 Å². The van der Waals surface area contributed by atoms with Crippen molar-refractivity contribution in [2.45, 2.75) is 52.6 Å². The zero-order chi connectivity index (χ0) is 16.0. The second-order valence-electron chi connectivity index (χ2n) is 5.54. The SMILES string of the molecule is CCNC(c1cc(Br)ccc1F)C(C)(CC)N(CC)CC. The molecule has 0 fully saturated rings. The molecule has 1 N–H and O–H groups in total. The summed E-state index contributed by atoms with van der Waals surface area (Å²) in [5.41, 5.74) is 0.615. The summed E-state index contributed by atoms with van der Waals surface area (Å²) in [5.74, 6) is -0.143. The number of likely N-dealkylation sites (N-methyl/N-ethyl adjacent to an activating group) is 2. The molecule has 21 heavy (non-hydrogen) atoms. The van der Waals surface area contributed by atoms with Gasteiger partial charge in [-0.25, -0.2) is 4.39 Å². The van der Waals surface area contributed by atoms with Gasteiger partial charge in [0.25, 0.3) is 0 Å². The number of rotatable bonds is 8. The highest BCUT2D eigenvalue weighted by atomic mass is 79.9. The van der Waals surface area contributed by atoms with Gasteiger partial charge < -0.3 is 5.32 Å². The van der Waals surface area contributed by atoms with Crippen LogP contribution in [0.15, 0.2) is 22.7 Å². The van der Waals surface area contributed by atoms with Gasteiger partial charge >= 0.3 is 0 Å². The zero-order valence-electron chi connectivity index (χ0n) is 13.8. The van der Waals surface area contributed by atoms with Crippen molar-refractivity contribution in [2.75, 3.05) is 19.6 Å². The van der Waals surface area contributed by atoms with Crippen LogP contribution in [0, 0.1) is 5.82 Å². The summed E-state index contributed by atoms with van der Waals surface area (Å²) in [4.78, 5) is 2.42. The summed E-state index contributed by atoms with van der Waals surface area (Å²) < 4.78 is 15.3. The van der Waals surface area contributed by atoms with Crippen molar-refractivity contribution >= 4 is 15.9 Å². The van der Waals surface area contributed by atoms with Gasteiger partial charge in [-0.1, -0.05) is 43.6 Å². The number of nitrogens with zero attached hydrogens (tertiary/aromatic N) is 1. The van der Waals surface area contributed by atoms with Crippen LogP contribution in [0.4, 0.5) is 4.39 Å². The first-order valence-electron chi connectivity index (χ1n) is 7.87. The Morgan fingerprint density at radius 3 is 2.33 bits per heavy atom. The van der Waals surface area contributed by atoms with Crippen molar-refractivity contribution < 1.29 is 4.39 Å². The van der Waals surface area contributed by atoms with Gasteiger partial charge in [0, 0.05) is 15.6 Å². The van der Waals surface area contributed by atoms with E-state index in [1.54, 1.807) is 12.1 Å². The minimum Gasteiger partial charge on any atom is -0.309 e. The molecule has 0 aromatic heterocycles. The summed E-state index contributed by atoms with van der Waals surface area (Å²) in [7, 11) is 0. The van der Waals surface area contributed by atoms with Crippen LogP contribution >= 0.6 is 15.9 Å². The van der Waals surface area contributed by atoms with Gasteiger partial charge in [-0.3, -0.25) is 4.90 Å². The first-order valence-corrected chi connectivity index (χ1v) is 8.67. The second-order valence-corrected chi connectivity index (χ2v) is 6.46. The minimum atomic E-state index is -0.143. The Kier molecular flexibility index (Phi) is 7.31. The highest BCUT2D eigenvalue weighted by Crippen LogP contribution is 2.36. The van der Waals surface area contributed by atoms with E-state index < -0.39 is 0 Å². The maximum atomic E-state index is 14.4. The van der Waals surface area contributed by atoms with E-state index in [0.717, 1.165) is 36.1 Å². The smallest absolute Gasteiger partial charge is 0.128 e. The molecule has 1 aromatic rings. The molecule has 0 amide bonds. The molecule has 0 saturated carbocycles. The van der Waals surface area contributed by atoms with Crippen LogP contribution in [-0.2, 0) is 0 Å². The Labute approximate surface area is 137 Å². The molecular weight excluding hydrogens is 331 g/mol. The molecule has 0 radical (unpaired) electrons. The Balaban J connectivity index is 3.34. The fourth-order valence-corrected chi connectivity index (χ4v) is 3.54. The fraction of sp³-hybridized carbons (Fsp3) is 0.647. The van der Waals surface area contributed by atoms with Crippen molar-refractivity contribution in [1.29, 1.82) is 0 Å². The van der Waals surface area contributed by atoms with Gasteiger partial charge in [-0.2, -0.15) is 0 Å². The molecule has 4 heteroatoms. The van der Waals surface area contributed by atoms with Gasteiger partial charge in [0.1, 0.15) is 5.82 Å². The molecule has 1 rings (SSSR count). The Morgan fingerprint density at radius 1 is 1.24 bits per heavy atom. The third-order valence-electron chi connectivity index (χ3n) is 4.50. The third kappa shape index (κ3) is 4.05. The summed E-state index contributed by atoms with van der Waals surface area (Å²) in [6.45, 7) is 13.5. The zero-order valence-corrected chi connectivity index (χ0v) is 15.4. The first-order chi connectivity index (χ1) is 9.94. The molecule has 0 aliphatic carbocycles. The van der Waals surface area contributed by atoms with Crippen LogP contribution in [0.5, 0.6) is 0 Å². The number of halogens is 2. The van der Waals surface area contributed by atoms with Crippen molar-refractivity contribution in [3.8, 4) is 0 Å². The molecule has 1 aromatic carbocycles. The highest BCUT2D eigenvalue weighted by molar-refractivity contribution is 9.10. The lowest BCUT2D eigenvalue weighted by molar-refractivity contribution is 0.0690. The van der Waals surface area contributed by atoms with E-state index in [2.05, 4.69) is 60.8 Å². The number of hydrogen-bond acceptors (Lipinski definition) is 2. The quantitative estimate of drug-likeness (QED) is 0.721. The lowest BCUT2D eigenvalue weighted by atomic mass is 9.82. The van der Waals surface area contributed by atoms with Crippen LogP contribution in [0.2, 0.25) is 0 Å². The molecule has 0 bridgehead atoms. The van der Waals surface area contributed by atoms with Gasteiger partial charge in [0.15, 0.2) is 0 Å². The maximum Gasteiger partial charge on any atom is 0.128 e. The molecule has 2 atom stereocenters. The predicted molar refractivity (Wildman–Crippen MR) is 92.1 cm³/mol. The summed E-state index contributed by atoms with van der Waals surface area (Å²) in [6, 6.07) is 5.16. The van der Waals surface area contributed by atoms with Crippen molar-refractivity contribution in [1.82, 2.24) is 10.2 Å². The molecule has 0 heterocycles. The molecule has 0 aliphatic rings. The molecule has 0 saturated heterocycles. The standard InChI is InChI=1S/C17H28BrFN2/c1-6-17(5,21(8-3)9-4)16(20-7-2)14-12-13(18)10-11-15(14)19/h10-12,16,20H,6-9H2,1-5H3. The van der Waals surface area contributed by atoms with Crippen molar-refractivity contribution in [2.24, 2.45) is 0 Å². The minimum absolute atomic E-state index is 0.0371. The summed E-state index contributed by atoms with van der Waals surface area (Å²) in [6.07, 6.45) is 0.957. The molecule has 0 spiro atoms. The Hall–Kier alpha value is -0.450. The van der Waals surface area contributed by atoms with E-state index in [-0.39, 0.29) is 17.4 Å². The van der Waals surface area contributed by atoms with Crippen LogP contribution in [0.1, 0.15) is 52.6 Å². The highest BCUT2D eigenvalue weighted by Gasteiger charge is 2.38. The fourth-order valence-electron chi connectivity index (χ4n) is 3.16. The molecule has 2 unspecified atom stereocenters. The van der Waals surface area contributed by atoms with Crippen LogP contribution in [-0.4, -0.2) is 30.1 Å². The Morgan fingerprint density at radius 2 is 1.86 bits per heavy atom. The molecule has 2 nitrogen and oxygen atoms in total. The topological polar surface area (TPSA) is 15.3 Å². The van der Waals surface area contributed by atoms with Crippen LogP contribution < -0.4 is 5.32 Å². The van der Waals surface area contributed by atoms with E-state index in [4.69, 9.17) is 0 Å². The maximum absolute atomic E-state index is 14.4. The Bertz CT molecular complexity index is 448. The first kappa shape index (κ1) is 18.6. The number of benzene rings is 1. The normalized spacial score (nSPS) is 16.0. The number of nitrogens with one attached hydrogen (secondary N) is 1. The van der Waals surface area contributed by atoms with Gasteiger partial charge in [-0.05, 0) is 51.2 Å². The summed E-state index contributed by atoms with van der Waals surface area (Å²) >= 11 is 3.47. The molecule has 120 valence electrons. The van der Waals surface area contributed by atoms with E-state index in [0.29, 0.717) is 0 Å². The van der Waals surface area contributed by atoms with E-state index in [9.17, 15) is 4.39 Å². The lowest BCUT2D eigenvalue weighted by Gasteiger charge is -2.46. The molecule has 0 aliphatic heterocycles. The van der Waals surface area contributed by atoms with Crippen LogP contribution in [0.25, 0.3) is 0 Å². The lowest BCUT2D eigenvalue weighted by Crippen LogP contribution is -2.54. The van der Waals surface area contributed by atoms with Gasteiger partial charge in [0.2, 0.25) is 0 Å². The number of hydrogen-bond donors (Lipinski definition) is 1. The average molecular weight is 359 g/mol. The molecular formula is C17H28BrFN2. The van der Waals surface area contributed by atoms with Gasteiger partial charge in [-0.15, -0.1) is 0 Å². The van der Waals surface area contributed by atoms with E-state index in [1.807, 2.05) is 6.07 Å². The second kappa shape index (κ2) is 8.25. The average Bonchev–Trinajstić information content (AvgIpc) is 2.48. The monoisotopic (exact) mass is 358 g/mol. The van der Waals surface area contributed by atoms with Crippen molar-refractivity contribution in [3.63, 3.8) is 0 Å². The van der Waals surface area contributed by atoms with E-state index >= 15 is 0 Å². The van der Waals surface area contributed by atoms with Crippen LogP contribution in [0.3, 0.4) is 0 Å². The predicted octanol–water partition coefficient (Wildman–Crippen LogP) is 4.75. The third-order valence-corrected chi connectivity index (χ3v) is 4.99.